The number of hydrogen-bond acceptors (Lipinski definition) is 3. The van der Waals surface area contributed by atoms with Crippen molar-refractivity contribution in [1.29, 1.82) is 0 Å². The molecule has 0 heterocycles. The highest BCUT2D eigenvalue weighted by atomic mass is 79.9. The Hall–Kier alpha value is -1.24. The molecule has 0 bridgehead atoms. The van der Waals surface area contributed by atoms with Crippen LogP contribution in [0.15, 0.2) is 51.8 Å². The minimum Gasteiger partial charge on any atom is -0.326 e. The largest absolute Gasteiger partial charge is 0.326 e. The van der Waals surface area contributed by atoms with Crippen molar-refractivity contribution in [2.45, 2.75) is 17.2 Å². The maximum atomic E-state index is 14.0. The maximum Gasteiger partial charge on any atom is 0.182 e. The lowest BCUT2D eigenvalue weighted by Crippen LogP contribution is -2.09. The molecule has 0 spiro atoms. The van der Waals surface area contributed by atoms with E-state index in [0.717, 1.165) is 0 Å². The number of hydrogen-bond donors (Lipinski definition) is 1. The number of sulfone groups is 1. The molecule has 20 heavy (non-hydrogen) atoms. The minimum absolute atomic E-state index is 0.0383. The predicted molar refractivity (Wildman–Crippen MR) is 79.3 cm³/mol. The molecule has 0 aromatic heterocycles. The quantitative estimate of drug-likeness (QED) is 0.914. The third kappa shape index (κ3) is 3.26. The van der Waals surface area contributed by atoms with E-state index in [-0.39, 0.29) is 22.8 Å². The van der Waals surface area contributed by atoms with Gasteiger partial charge in [-0.15, -0.1) is 0 Å². The van der Waals surface area contributed by atoms with Crippen LogP contribution in [-0.2, 0) is 22.1 Å². The zero-order valence-corrected chi connectivity index (χ0v) is 12.9. The Kier molecular flexibility index (Phi) is 4.57. The smallest absolute Gasteiger partial charge is 0.182 e. The third-order valence-corrected chi connectivity index (χ3v) is 5.04. The van der Waals surface area contributed by atoms with E-state index in [2.05, 4.69) is 15.9 Å². The number of rotatable bonds is 4. The molecule has 106 valence electrons. The third-order valence-electron chi connectivity index (χ3n) is 2.88. The molecule has 0 aliphatic rings. The topological polar surface area (TPSA) is 60.2 Å². The lowest BCUT2D eigenvalue weighted by Gasteiger charge is -2.08. The summed E-state index contributed by atoms with van der Waals surface area (Å²) in [5.74, 6) is -0.933. The maximum absolute atomic E-state index is 14.0. The van der Waals surface area contributed by atoms with Crippen LogP contribution in [0.4, 0.5) is 4.39 Å². The number of nitrogens with two attached hydrogens (primary N) is 1. The zero-order valence-electron chi connectivity index (χ0n) is 10.5. The van der Waals surface area contributed by atoms with Gasteiger partial charge in [-0.25, -0.2) is 12.8 Å². The van der Waals surface area contributed by atoms with Crippen molar-refractivity contribution < 1.29 is 12.8 Å². The van der Waals surface area contributed by atoms with Crippen molar-refractivity contribution in [3.8, 4) is 0 Å². The predicted octanol–water partition coefficient (Wildman–Crippen LogP) is 3.02. The van der Waals surface area contributed by atoms with Crippen molar-refractivity contribution in [1.82, 2.24) is 0 Å². The van der Waals surface area contributed by atoms with Crippen LogP contribution in [0.3, 0.4) is 0 Å². The molecule has 0 fully saturated rings. The lowest BCUT2D eigenvalue weighted by molar-refractivity contribution is 0.582. The Morgan fingerprint density at radius 1 is 1.10 bits per heavy atom. The van der Waals surface area contributed by atoms with Crippen LogP contribution in [-0.4, -0.2) is 8.42 Å². The van der Waals surface area contributed by atoms with Gasteiger partial charge in [0.25, 0.3) is 0 Å². The van der Waals surface area contributed by atoms with Crippen molar-refractivity contribution in [2.24, 2.45) is 5.73 Å². The molecule has 0 radical (unpaired) electrons. The molecule has 0 aliphatic heterocycles. The van der Waals surface area contributed by atoms with Gasteiger partial charge < -0.3 is 5.73 Å². The molecular weight excluding hydrogens is 345 g/mol. The Balaban J connectivity index is 2.39. The Morgan fingerprint density at radius 2 is 1.75 bits per heavy atom. The van der Waals surface area contributed by atoms with Gasteiger partial charge in [0.05, 0.1) is 10.6 Å². The van der Waals surface area contributed by atoms with E-state index < -0.39 is 15.7 Å². The van der Waals surface area contributed by atoms with Crippen molar-refractivity contribution in [3.63, 3.8) is 0 Å². The van der Waals surface area contributed by atoms with Crippen LogP contribution < -0.4 is 5.73 Å². The Bertz CT molecular complexity index is 732. The first-order valence-electron chi connectivity index (χ1n) is 5.88. The van der Waals surface area contributed by atoms with Crippen LogP contribution in [0.5, 0.6) is 0 Å². The SMILES string of the molecule is NCc1cccc(CS(=O)(=O)c2cccc(Br)c2)c1F. The van der Waals surface area contributed by atoms with E-state index in [1.54, 1.807) is 24.3 Å². The van der Waals surface area contributed by atoms with E-state index in [0.29, 0.717) is 10.0 Å². The van der Waals surface area contributed by atoms with Crippen LogP contribution >= 0.6 is 15.9 Å². The van der Waals surface area contributed by atoms with E-state index in [4.69, 9.17) is 5.73 Å². The van der Waals surface area contributed by atoms with Crippen molar-refractivity contribution in [3.05, 3.63) is 63.9 Å². The standard InChI is InChI=1S/C14H13BrFNO2S/c15-12-5-2-6-13(7-12)20(18,19)9-11-4-1-3-10(8-17)14(11)16/h1-7H,8-9,17H2. The summed E-state index contributed by atoms with van der Waals surface area (Å²) in [5, 5.41) is 0. The van der Waals surface area contributed by atoms with Gasteiger partial charge in [-0.05, 0) is 18.2 Å². The molecular formula is C14H13BrFNO2S. The highest BCUT2D eigenvalue weighted by Crippen LogP contribution is 2.22. The van der Waals surface area contributed by atoms with Crippen LogP contribution in [0.25, 0.3) is 0 Å². The van der Waals surface area contributed by atoms with Crippen LogP contribution in [0.2, 0.25) is 0 Å². The molecule has 2 aromatic rings. The minimum atomic E-state index is -3.59. The molecule has 0 unspecified atom stereocenters. The van der Waals surface area contributed by atoms with Gasteiger partial charge in [0, 0.05) is 22.1 Å². The summed E-state index contributed by atoms with van der Waals surface area (Å²) in [4.78, 5) is 0.157. The molecule has 2 N–H and O–H groups in total. The van der Waals surface area contributed by atoms with E-state index in [1.807, 2.05) is 0 Å². The summed E-state index contributed by atoms with van der Waals surface area (Å²) >= 11 is 3.22. The fourth-order valence-electron chi connectivity index (χ4n) is 1.85. The van der Waals surface area contributed by atoms with Crippen LogP contribution in [0, 0.1) is 5.82 Å². The molecule has 3 nitrogen and oxygen atoms in total. The number of halogens is 2. The molecule has 0 amide bonds. The van der Waals surface area contributed by atoms with Gasteiger partial charge in [-0.1, -0.05) is 40.2 Å². The average Bonchev–Trinajstić information content (AvgIpc) is 2.41. The van der Waals surface area contributed by atoms with Gasteiger partial charge in [0.1, 0.15) is 5.82 Å². The monoisotopic (exact) mass is 357 g/mol. The van der Waals surface area contributed by atoms with E-state index >= 15 is 0 Å². The molecule has 6 heteroatoms. The number of benzene rings is 2. The summed E-state index contributed by atoms with van der Waals surface area (Å²) in [7, 11) is -3.59. The second kappa shape index (κ2) is 6.03. The van der Waals surface area contributed by atoms with Crippen molar-refractivity contribution in [2.75, 3.05) is 0 Å². The normalized spacial score (nSPS) is 11.6. The molecule has 0 atom stereocenters. The van der Waals surface area contributed by atoms with Crippen LogP contribution in [0.1, 0.15) is 11.1 Å². The van der Waals surface area contributed by atoms with Gasteiger partial charge in [-0.3, -0.25) is 0 Å². The Morgan fingerprint density at radius 3 is 2.40 bits per heavy atom. The highest BCUT2D eigenvalue weighted by Gasteiger charge is 2.18. The first-order chi connectivity index (χ1) is 9.44. The summed E-state index contributed by atoms with van der Waals surface area (Å²) in [6, 6.07) is 11.0. The first kappa shape index (κ1) is 15.2. The molecule has 0 saturated carbocycles. The molecule has 2 rings (SSSR count). The van der Waals surface area contributed by atoms with Crippen molar-refractivity contribution >= 4 is 25.8 Å². The second-order valence-corrected chi connectivity index (χ2v) is 7.22. The summed E-state index contributed by atoms with van der Waals surface area (Å²) in [6.07, 6.45) is 0. The van der Waals surface area contributed by atoms with Gasteiger partial charge in [-0.2, -0.15) is 0 Å². The average molecular weight is 358 g/mol. The first-order valence-corrected chi connectivity index (χ1v) is 8.33. The van der Waals surface area contributed by atoms with E-state index in [9.17, 15) is 12.8 Å². The summed E-state index contributed by atoms with van der Waals surface area (Å²) in [5.41, 5.74) is 5.86. The zero-order chi connectivity index (χ0) is 14.8. The summed E-state index contributed by atoms with van der Waals surface area (Å²) in [6.45, 7) is 0.0383. The fourth-order valence-corrected chi connectivity index (χ4v) is 3.79. The molecule has 0 aliphatic carbocycles. The highest BCUT2D eigenvalue weighted by molar-refractivity contribution is 9.10. The summed E-state index contributed by atoms with van der Waals surface area (Å²) < 4.78 is 39.3. The fraction of sp³-hybridized carbons (Fsp3) is 0.143. The van der Waals surface area contributed by atoms with Gasteiger partial charge >= 0.3 is 0 Å². The second-order valence-electron chi connectivity index (χ2n) is 4.31. The van der Waals surface area contributed by atoms with E-state index in [1.165, 1.54) is 18.2 Å². The van der Waals surface area contributed by atoms with Gasteiger partial charge in [0.15, 0.2) is 9.84 Å². The lowest BCUT2D eigenvalue weighted by atomic mass is 10.1. The van der Waals surface area contributed by atoms with Gasteiger partial charge in [0.2, 0.25) is 0 Å². The Labute approximate surface area is 125 Å². The molecule has 2 aromatic carbocycles. The molecule has 0 saturated heterocycles.